The molecule has 6 heteroatoms. The number of nitrogens with zero attached hydrogens (tertiary/aromatic N) is 3. The highest BCUT2D eigenvalue weighted by molar-refractivity contribution is 5.88. The summed E-state index contributed by atoms with van der Waals surface area (Å²) < 4.78 is 2.10. The van der Waals surface area contributed by atoms with Crippen molar-refractivity contribution in [2.75, 3.05) is 0 Å². The molecule has 1 unspecified atom stereocenters. The molecule has 0 bridgehead atoms. The van der Waals surface area contributed by atoms with Crippen molar-refractivity contribution in [2.45, 2.75) is 32.9 Å². The second kappa shape index (κ2) is 5.31. The van der Waals surface area contributed by atoms with Gasteiger partial charge in [-0.2, -0.15) is 10.2 Å². The molecule has 0 spiro atoms. The Hall–Kier alpha value is -2.47. The molecule has 0 fully saturated rings. The van der Waals surface area contributed by atoms with Crippen LogP contribution in [0.5, 0.6) is 0 Å². The third-order valence-electron chi connectivity index (χ3n) is 4.70. The number of nitrogens with one attached hydrogen (secondary N) is 1. The smallest absolute Gasteiger partial charge is 0.272 e. The van der Waals surface area contributed by atoms with Crippen molar-refractivity contribution in [3.63, 3.8) is 0 Å². The molecule has 2 aromatic heterocycles. The highest BCUT2D eigenvalue weighted by Crippen LogP contribution is 2.31. The monoisotopic (exact) mass is 309 g/mol. The molecular weight excluding hydrogens is 290 g/mol. The summed E-state index contributed by atoms with van der Waals surface area (Å²) >= 11 is 0. The van der Waals surface area contributed by atoms with Crippen molar-refractivity contribution in [3.05, 3.63) is 46.1 Å². The summed E-state index contributed by atoms with van der Waals surface area (Å²) in [7, 11) is 0. The lowest BCUT2D eigenvalue weighted by atomic mass is 9.93. The van der Waals surface area contributed by atoms with E-state index in [-0.39, 0.29) is 5.56 Å². The zero-order chi connectivity index (χ0) is 16.0. The summed E-state index contributed by atoms with van der Waals surface area (Å²) in [6.07, 6.45) is 4.13. The van der Waals surface area contributed by atoms with Gasteiger partial charge in [0.2, 0.25) is 0 Å². The molecule has 118 valence electrons. The molecule has 6 nitrogen and oxygen atoms in total. The van der Waals surface area contributed by atoms with Crippen LogP contribution in [0.1, 0.15) is 24.7 Å². The molecule has 3 N–H and O–H groups in total. The molecule has 1 atom stereocenters. The molecule has 1 aromatic carbocycles. The minimum atomic E-state index is -0.186. The maximum absolute atomic E-state index is 11.9. The van der Waals surface area contributed by atoms with E-state index in [0.717, 1.165) is 29.5 Å². The van der Waals surface area contributed by atoms with Crippen LogP contribution in [0.25, 0.3) is 21.9 Å². The van der Waals surface area contributed by atoms with E-state index >= 15 is 0 Å². The van der Waals surface area contributed by atoms with Gasteiger partial charge in [0.1, 0.15) is 0 Å². The first-order chi connectivity index (χ1) is 11.2. The third-order valence-corrected chi connectivity index (χ3v) is 4.70. The largest absolute Gasteiger partial charge is 0.325 e. The van der Waals surface area contributed by atoms with Gasteiger partial charge in [0, 0.05) is 29.7 Å². The normalized spacial score (nSPS) is 17.4. The Labute approximate surface area is 133 Å². The molecule has 4 rings (SSSR count). The molecule has 0 aliphatic carbocycles. The number of H-pyrrole nitrogens is 1. The first-order valence-electron chi connectivity index (χ1n) is 7.94. The Morgan fingerprint density at radius 3 is 3.09 bits per heavy atom. The predicted octanol–water partition coefficient (Wildman–Crippen LogP) is 1.83. The van der Waals surface area contributed by atoms with Crippen molar-refractivity contribution in [1.29, 1.82) is 0 Å². The molecule has 1 aliphatic rings. The van der Waals surface area contributed by atoms with E-state index in [9.17, 15) is 4.79 Å². The van der Waals surface area contributed by atoms with Crippen LogP contribution in [0.2, 0.25) is 0 Å². The van der Waals surface area contributed by atoms with Crippen LogP contribution in [0.15, 0.2) is 29.2 Å². The molecule has 23 heavy (non-hydrogen) atoms. The molecule has 0 radical (unpaired) electrons. The van der Waals surface area contributed by atoms with Gasteiger partial charge in [-0.05, 0) is 36.5 Å². The zero-order valence-corrected chi connectivity index (χ0v) is 13.0. The van der Waals surface area contributed by atoms with Gasteiger partial charge in [-0.25, -0.2) is 5.10 Å². The Kier molecular flexibility index (Phi) is 3.27. The van der Waals surface area contributed by atoms with Crippen molar-refractivity contribution >= 4 is 10.8 Å². The van der Waals surface area contributed by atoms with Gasteiger partial charge < -0.3 is 5.73 Å². The second-order valence-corrected chi connectivity index (χ2v) is 6.29. The number of hydrogen-bond donors (Lipinski definition) is 2. The highest BCUT2D eigenvalue weighted by Gasteiger charge is 2.20. The predicted molar refractivity (Wildman–Crippen MR) is 89.0 cm³/mol. The lowest BCUT2D eigenvalue weighted by Gasteiger charge is -2.20. The Morgan fingerprint density at radius 2 is 2.26 bits per heavy atom. The van der Waals surface area contributed by atoms with Crippen LogP contribution in [0.3, 0.4) is 0 Å². The highest BCUT2D eigenvalue weighted by atomic mass is 16.1. The number of aromatic amines is 1. The molecule has 3 aromatic rings. The van der Waals surface area contributed by atoms with Crippen molar-refractivity contribution in [3.8, 4) is 11.1 Å². The van der Waals surface area contributed by atoms with Crippen molar-refractivity contribution in [2.24, 2.45) is 11.7 Å². The van der Waals surface area contributed by atoms with Gasteiger partial charge in [-0.1, -0.05) is 13.0 Å². The van der Waals surface area contributed by atoms with E-state index in [1.165, 1.54) is 12.1 Å². The topological polar surface area (TPSA) is 89.6 Å². The quantitative estimate of drug-likeness (QED) is 0.755. The summed E-state index contributed by atoms with van der Waals surface area (Å²) in [5.74, 6) is 0.669. The van der Waals surface area contributed by atoms with Crippen molar-refractivity contribution in [1.82, 2.24) is 20.0 Å². The average molecular weight is 309 g/mol. The van der Waals surface area contributed by atoms with E-state index in [4.69, 9.17) is 5.73 Å². The Balaban J connectivity index is 1.91. The minimum Gasteiger partial charge on any atom is -0.325 e. The lowest BCUT2D eigenvalue weighted by Crippen LogP contribution is -2.18. The maximum atomic E-state index is 11.9. The number of aromatic nitrogens is 4. The van der Waals surface area contributed by atoms with Gasteiger partial charge in [0.15, 0.2) is 0 Å². The lowest BCUT2D eigenvalue weighted by molar-refractivity contribution is 0.392. The van der Waals surface area contributed by atoms with E-state index in [1.54, 1.807) is 0 Å². The van der Waals surface area contributed by atoms with Crippen LogP contribution in [-0.2, 0) is 19.5 Å². The van der Waals surface area contributed by atoms with Gasteiger partial charge in [0.25, 0.3) is 5.56 Å². The van der Waals surface area contributed by atoms with Crippen molar-refractivity contribution < 1.29 is 0 Å². The third kappa shape index (κ3) is 2.26. The van der Waals surface area contributed by atoms with E-state index < -0.39 is 0 Å². The molecule has 3 heterocycles. The van der Waals surface area contributed by atoms with Crippen LogP contribution in [0, 0.1) is 5.92 Å². The minimum absolute atomic E-state index is 0.186. The Bertz CT molecular complexity index is 940. The second-order valence-electron chi connectivity index (χ2n) is 6.29. The number of nitrogens with two attached hydrogens (primary N) is 1. The number of rotatable bonds is 2. The maximum Gasteiger partial charge on any atom is 0.272 e. The molecule has 0 saturated carbocycles. The number of benzene rings is 1. The van der Waals surface area contributed by atoms with Gasteiger partial charge in [-0.3, -0.25) is 9.48 Å². The van der Waals surface area contributed by atoms with Crippen LogP contribution in [-0.4, -0.2) is 20.0 Å². The van der Waals surface area contributed by atoms with Crippen LogP contribution < -0.4 is 11.3 Å². The van der Waals surface area contributed by atoms with Crippen LogP contribution >= 0.6 is 0 Å². The fourth-order valence-corrected chi connectivity index (χ4v) is 3.38. The fourth-order valence-electron chi connectivity index (χ4n) is 3.38. The molecule has 0 amide bonds. The summed E-state index contributed by atoms with van der Waals surface area (Å²) in [4.78, 5) is 11.9. The van der Waals surface area contributed by atoms with Gasteiger partial charge in [-0.15, -0.1) is 0 Å². The van der Waals surface area contributed by atoms with Crippen LogP contribution in [0.4, 0.5) is 0 Å². The zero-order valence-electron chi connectivity index (χ0n) is 13.0. The summed E-state index contributed by atoms with van der Waals surface area (Å²) in [5.41, 5.74) is 9.76. The van der Waals surface area contributed by atoms with E-state index in [0.29, 0.717) is 23.5 Å². The molecule has 1 aliphatic heterocycles. The van der Waals surface area contributed by atoms with E-state index in [2.05, 4.69) is 26.9 Å². The Morgan fingerprint density at radius 1 is 1.39 bits per heavy atom. The summed E-state index contributed by atoms with van der Waals surface area (Å²) in [6, 6.07) is 5.84. The summed E-state index contributed by atoms with van der Waals surface area (Å²) in [5, 5.41) is 12.5. The first-order valence-corrected chi connectivity index (χ1v) is 7.94. The first kappa shape index (κ1) is 14.1. The fraction of sp³-hybridized carbons (Fsp3) is 0.353. The van der Waals surface area contributed by atoms with Gasteiger partial charge in [0.05, 0.1) is 17.3 Å². The standard InChI is InChI=1S/C17H19N5O/c1-10-4-5-22-16(6-10)14(9-19-22)11-2-3-12-13(7-11)15(8-18)20-21-17(12)23/h2-3,7,9-10H,4-6,8,18H2,1H3,(H,21,23). The molecule has 0 saturated heterocycles. The SMILES string of the molecule is CC1CCn2ncc(-c3ccc4c(=O)[nH]nc(CN)c4c3)c2C1. The number of hydrogen-bond acceptors (Lipinski definition) is 4. The summed E-state index contributed by atoms with van der Waals surface area (Å²) in [6.45, 7) is 3.54. The molecular formula is C17H19N5O. The van der Waals surface area contributed by atoms with E-state index in [1.807, 2.05) is 24.4 Å². The number of fused-ring (bicyclic) bond motifs is 2. The average Bonchev–Trinajstić information content (AvgIpc) is 2.98. The number of aryl methyl sites for hydroxylation is 1. The van der Waals surface area contributed by atoms with Gasteiger partial charge >= 0.3 is 0 Å².